The molecule has 2 aromatic carbocycles. The fraction of sp³-hybridized carbons (Fsp3) is 0.318. The van der Waals surface area contributed by atoms with Crippen LogP contribution in [-0.4, -0.2) is 27.4 Å². The molecule has 1 amide bonds. The number of hydrogen-bond acceptors (Lipinski definition) is 4. The van der Waals surface area contributed by atoms with Gasteiger partial charge in [0.15, 0.2) is 5.17 Å². The van der Waals surface area contributed by atoms with Crippen LogP contribution in [0.15, 0.2) is 52.7 Å². The molecule has 0 aliphatic carbocycles. The molecule has 4 nitrogen and oxygen atoms in total. The van der Waals surface area contributed by atoms with Crippen molar-refractivity contribution in [3.63, 3.8) is 0 Å². The quantitative estimate of drug-likeness (QED) is 0.550. The SMILES string of the molecule is CC[C@H]1S/C(=N/N=C\c2ccc(C)cc2C)N(Cc2ccccc2C)C1=O. The molecule has 1 aliphatic heterocycles. The molecule has 0 bridgehead atoms. The minimum Gasteiger partial charge on any atom is -0.284 e. The fourth-order valence-electron chi connectivity index (χ4n) is 3.06. The summed E-state index contributed by atoms with van der Waals surface area (Å²) in [6.07, 6.45) is 2.55. The van der Waals surface area contributed by atoms with E-state index in [0.717, 1.165) is 23.1 Å². The first-order valence-electron chi connectivity index (χ1n) is 9.20. The number of nitrogens with zero attached hydrogens (tertiary/aromatic N) is 3. The Morgan fingerprint density at radius 1 is 1.11 bits per heavy atom. The number of rotatable bonds is 5. The van der Waals surface area contributed by atoms with Crippen LogP contribution in [0.3, 0.4) is 0 Å². The van der Waals surface area contributed by atoms with Crippen molar-refractivity contribution < 1.29 is 4.79 Å². The van der Waals surface area contributed by atoms with Crippen molar-refractivity contribution in [2.75, 3.05) is 0 Å². The molecule has 2 aromatic rings. The second-order valence-electron chi connectivity index (χ2n) is 6.85. The zero-order valence-electron chi connectivity index (χ0n) is 16.3. The first kappa shape index (κ1) is 19.4. The second-order valence-corrected chi connectivity index (χ2v) is 8.02. The summed E-state index contributed by atoms with van der Waals surface area (Å²) in [6.45, 7) is 8.77. The Labute approximate surface area is 165 Å². The lowest BCUT2D eigenvalue weighted by Crippen LogP contribution is -2.31. The molecule has 1 fully saturated rings. The smallest absolute Gasteiger partial charge is 0.242 e. The Morgan fingerprint density at radius 3 is 2.59 bits per heavy atom. The van der Waals surface area contributed by atoms with Crippen LogP contribution in [0.4, 0.5) is 0 Å². The van der Waals surface area contributed by atoms with Gasteiger partial charge < -0.3 is 0 Å². The number of benzene rings is 2. The molecule has 0 saturated carbocycles. The average molecular weight is 380 g/mol. The fourth-order valence-corrected chi connectivity index (χ4v) is 4.08. The maximum Gasteiger partial charge on any atom is 0.242 e. The molecule has 1 atom stereocenters. The van der Waals surface area contributed by atoms with Crippen molar-refractivity contribution in [1.82, 2.24) is 4.90 Å². The van der Waals surface area contributed by atoms with Gasteiger partial charge in [0.2, 0.25) is 5.91 Å². The molecule has 1 heterocycles. The van der Waals surface area contributed by atoms with E-state index in [-0.39, 0.29) is 11.2 Å². The third-order valence-corrected chi connectivity index (χ3v) is 6.08. The van der Waals surface area contributed by atoms with Crippen LogP contribution in [0.25, 0.3) is 0 Å². The van der Waals surface area contributed by atoms with E-state index in [1.807, 2.05) is 25.1 Å². The molecule has 140 valence electrons. The van der Waals surface area contributed by atoms with Crippen LogP contribution in [0.2, 0.25) is 0 Å². The van der Waals surface area contributed by atoms with E-state index in [0.29, 0.717) is 11.7 Å². The largest absolute Gasteiger partial charge is 0.284 e. The number of amidine groups is 1. The normalized spacial score (nSPS) is 18.8. The Kier molecular flexibility index (Phi) is 6.11. The first-order chi connectivity index (χ1) is 13.0. The molecule has 0 radical (unpaired) electrons. The van der Waals surface area contributed by atoms with E-state index in [9.17, 15) is 4.79 Å². The van der Waals surface area contributed by atoms with Crippen LogP contribution in [-0.2, 0) is 11.3 Å². The predicted molar refractivity (Wildman–Crippen MR) is 114 cm³/mol. The highest BCUT2D eigenvalue weighted by Crippen LogP contribution is 2.31. The highest BCUT2D eigenvalue weighted by Gasteiger charge is 2.37. The molecule has 0 spiro atoms. The molecule has 1 aliphatic rings. The van der Waals surface area contributed by atoms with Gasteiger partial charge in [-0.05, 0) is 49.4 Å². The number of aryl methyl sites for hydroxylation is 3. The molecule has 3 rings (SSSR count). The van der Waals surface area contributed by atoms with E-state index >= 15 is 0 Å². The highest BCUT2D eigenvalue weighted by molar-refractivity contribution is 8.15. The lowest BCUT2D eigenvalue weighted by Gasteiger charge is -2.17. The van der Waals surface area contributed by atoms with Gasteiger partial charge in [-0.1, -0.05) is 66.7 Å². The van der Waals surface area contributed by atoms with Gasteiger partial charge in [0.1, 0.15) is 0 Å². The van der Waals surface area contributed by atoms with E-state index in [1.165, 1.54) is 22.9 Å². The van der Waals surface area contributed by atoms with Crippen LogP contribution < -0.4 is 0 Å². The molecular formula is C22H25N3OS. The Morgan fingerprint density at radius 2 is 1.89 bits per heavy atom. The topological polar surface area (TPSA) is 45.0 Å². The molecule has 0 N–H and O–H groups in total. The van der Waals surface area contributed by atoms with Crippen molar-refractivity contribution in [3.05, 3.63) is 70.3 Å². The van der Waals surface area contributed by atoms with Gasteiger partial charge in [-0.15, -0.1) is 5.10 Å². The summed E-state index contributed by atoms with van der Waals surface area (Å²) in [4.78, 5) is 14.5. The molecule has 0 aromatic heterocycles. The summed E-state index contributed by atoms with van der Waals surface area (Å²) in [7, 11) is 0. The number of carbonyl (C=O) groups is 1. The van der Waals surface area contributed by atoms with E-state index < -0.39 is 0 Å². The lowest BCUT2D eigenvalue weighted by molar-refractivity contribution is -0.126. The van der Waals surface area contributed by atoms with E-state index in [1.54, 1.807) is 11.1 Å². The maximum atomic E-state index is 12.8. The summed E-state index contributed by atoms with van der Waals surface area (Å²) in [5.74, 6) is 0.117. The molecule has 5 heteroatoms. The van der Waals surface area contributed by atoms with Gasteiger partial charge in [0.05, 0.1) is 18.0 Å². The Bertz CT molecular complexity index is 904. The van der Waals surface area contributed by atoms with Gasteiger partial charge >= 0.3 is 0 Å². The summed E-state index contributed by atoms with van der Waals surface area (Å²) in [5, 5.41) is 9.27. The van der Waals surface area contributed by atoms with Crippen molar-refractivity contribution in [1.29, 1.82) is 0 Å². The summed E-state index contributed by atoms with van der Waals surface area (Å²) in [5.41, 5.74) is 5.74. The van der Waals surface area contributed by atoms with Crippen molar-refractivity contribution in [3.8, 4) is 0 Å². The van der Waals surface area contributed by atoms with Gasteiger partial charge in [-0.3, -0.25) is 9.69 Å². The Balaban J connectivity index is 1.84. The van der Waals surface area contributed by atoms with Crippen molar-refractivity contribution in [2.24, 2.45) is 10.2 Å². The minimum atomic E-state index is -0.0796. The van der Waals surface area contributed by atoms with E-state index in [2.05, 4.69) is 55.2 Å². The summed E-state index contributed by atoms with van der Waals surface area (Å²) >= 11 is 1.51. The van der Waals surface area contributed by atoms with Crippen LogP contribution in [0.1, 0.15) is 41.2 Å². The number of amides is 1. The minimum absolute atomic E-state index is 0.0796. The standard InChI is InChI=1S/C22H25N3OS/c1-5-20-21(26)25(14-19-9-7-6-8-16(19)3)22(27-20)24-23-13-18-11-10-15(2)12-17(18)4/h6-13,20H,5,14H2,1-4H3/b23-13-,24-22+/t20-/m1/s1. The first-order valence-corrected chi connectivity index (χ1v) is 10.1. The zero-order chi connectivity index (χ0) is 19.4. The lowest BCUT2D eigenvalue weighted by atomic mass is 10.1. The zero-order valence-corrected chi connectivity index (χ0v) is 17.1. The molecule has 27 heavy (non-hydrogen) atoms. The third kappa shape index (κ3) is 4.48. The van der Waals surface area contributed by atoms with Gasteiger partial charge in [0.25, 0.3) is 0 Å². The number of hydrogen-bond donors (Lipinski definition) is 0. The van der Waals surface area contributed by atoms with E-state index in [4.69, 9.17) is 0 Å². The van der Waals surface area contributed by atoms with Crippen LogP contribution >= 0.6 is 11.8 Å². The molecule has 0 unspecified atom stereocenters. The average Bonchev–Trinajstić information content (AvgIpc) is 2.94. The summed E-state index contributed by atoms with van der Waals surface area (Å²) in [6, 6.07) is 14.4. The Hall–Kier alpha value is -2.40. The number of thioether (sulfide) groups is 1. The highest BCUT2D eigenvalue weighted by atomic mass is 32.2. The number of carbonyl (C=O) groups excluding carboxylic acids is 1. The van der Waals surface area contributed by atoms with Crippen molar-refractivity contribution >= 4 is 29.1 Å². The van der Waals surface area contributed by atoms with Gasteiger partial charge in [-0.2, -0.15) is 5.10 Å². The summed E-state index contributed by atoms with van der Waals surface area (Å²) < 4.78 is 0. The van der Waals surface area contributed by atoms with Gasteiger partial charge in [-0.25, -0.2) is 0 Å². The third-order valence-electron chi connectivity index (χ3n) is 4.75. The monoisotopic (exact) mass is 379 g/mol. The predicted octanol–water partition coefficient (Wildman–Crippen LogP) is 4.86. The molecule has 1 saturated heterocycles. The second kappa shape index (κ2) is 8.53. The maximum absolute atomic E-state index is 12.8. The van der Waals surface area contributed by atoms with Crippen molar-refractivity contribution in [2.45, 2.75) is 45.9 Å². The van der Waals surface area contributed by atoms with Gasteiger partial charge in [0, 0.05) is 0 Å². The molecular weight excluding hydrogens is 354 g/mol. The van der Waals surface area contributed by atoms with Crippen LogP contribution in [0, 0.1) is 20.8 Å². The van der Waals surface area contributed by atoms with Crippen LogP contribution in [0.5, 0.6) is 0 Å².